The molecule has 0 aliphatic heterocycles. The van der Waals surface area contributed by atoms with Crippen molar-refractivity contribution < 1.29 is 9.18 Å². The second kappa shape index (κ2) is 4.67. The lowest BCUT2D eigenvalue weighted by molar-refractivity contribution is -0.115. The first-order valence-corrected chi connectivity index (χ1v) is 5.09. The van der Waals surface area contributed by atoms with E-state index in [-0.39, 0.29) is 17.2 Å². The Morgan fingerprint density at radius 3 is 2.94 bits per heavy atom. The molecule has 0 aliphatic carbocycles. The highest BCUT2D eigenvalue weighted by Gasteiger charge is 2.07. The van der Waals surface area contributed by atoms with Gasteiger partial charge in [-0.15, -0.1) is 0 Å². The minimum atomic E-state index is -0.542. The standard InChI is InChI=1S/C12H8FN3O2/c13-10-6-15-12(18)9-5-7(1-2-8(9)10)16-11(17)3-4-14/h1-2,5-6H,3H2,(H,15,18)(H,16,17). The highest BCUT2D eigenvalue weighted by molar-refractivity contribution is 5.95. The second-order valence-electron chi connectivity index (χ2n) is 3.61. The van der Waals surface area contributed by atoms with Crippen molar-refractivity contribution in [3.63, 3.8) is 0 Å². The molecule has 18 heavy (non-hydrogen) atoms. The molecule has 1 heterocycles. The van der Waals surface area contributed by atoms with Crippen molar-refractivity contribution in [1.29, 1.82) is 5.26 Å². The number of anilines is 1. The first-order valence-electron chi connectivity index (χ1n) is 5.09. The molecule has 0 saturated carbocycles. The van der Waals surface area contributed by atoms with Crippen LogP contribution in [0.3, 0.4) is 0 Å². The van der Waals surface area contributed by atoms with E-state index in [1.807, 2.05) is 0 Å². The van der Waals surface area contributed by atoms with Crippen molar-refractivity contribution in [2.24, 2.45) is 0 Å². The zero-order valence-electron chi connectivity index (χ0n) is 9.16. The van der Waals surface area contributed by atoms with Crippen molar-refractivity contribution >= 4 is 22.4 Å². The van der Waals surface area contributed by atoms with Crippen molar-refractivity contribution in [3.05, 3.63) is 40.6 Å². The van der Waals surface area contributed by atoms with Gasteiger partial charge in [0.1, 0.15) is 12.2 Å². The number of nitriles is 1. The minimum absolute atomic E-state index is 0.143. The zero-order chi connectivity index (χ0) is 13.1. The summed E-state index contributed by atoms with van der Waals surface area (Å²) in [7, 11) is 0. The van der Waals surface area contributed by atoms with Crippen LogP contribution in [0.2, 0.25) is 0 Å². The lowest BCUT2D eigenvalue weighted by atomic mass is 10.1. The summed E-state index contributed by atoms with van der Waals surface area (Å²) in [6.07, 6.45) is 0.705. The Hall–Kier alpha value is -2.68. The van der Waals surface area contributed by atoms with Gasteiger partial charge in [0, 0.05) is 17.3 Å². The highest BCUT2D eigenvalue weighted by Crippen LogP contribution is 2.18. The number of nitrogens with one attached hydrogen (secondary N) is 2. The molecule has 2 aromatic rings. The molecule has 2 rings (SSSR count). The topological polar surface area (TPSA) is 85.8 Å². The Kier molecular flexibility index (Phi) is 3.06. The molecular formula is C12H8FN3O2. The van der Waals surface area contributed by atoms with E-state index in [1.165, 1.54) is 18.2 Å². The van der Waals surface area contributed by atoms with Crippen LogP contribution in [0.25, 0.3) is 10.8 Å². The van der Waals surface area contributed by atoms with Gasteiger partial charge < -0.3 is 10.3 Å². The van der Waals surface area contributed by atoms with Crippen molar-refractivity contribution in [2.45, 2.75) is 6.42 Å². The summed E-state index contributed by atoms with van der Waals surface area (Å²) < 4.78 is 13.4. The molecule has 2 N–H and O–H groups in total. The Balaban J connectivity index is 2.45. The number of fused-ring (bicyclic) bond motifs is 1. The second-order valence-corrected chi connectivity index (χ2v) is 3.61. The molecule has 1 amide bonds. The fraction of sp³-hybridized carbons (Fsp3) is 0.0833. The molecule has 6 heteroatoms. The van der Waals surface area contributed by atoms with Crippen LogP contribution in [0.1, 0.15) is 6.42 Å². The number of hydrogen-bond acceptors (Lipinski definition) is 3. The maximum atomic E-state index is 13.4. The number of carbonyl (C=O) groups is 1. The molecule has 0 bridgehead atoms. The van der Waals surface area contributed by atoms with E-state index < -0.39 is 17.3 Å². The largest absolute Gasteiger partial charge is 0.326 e. The summed E-state index contributed by atoms with van der Waals surface area (Å²) in [5.74, 6) is -1.02. The van der Waals surface area contributed by atoms with Crippen LogP contribution in [0.5, 0.6) is 0 Å². The van der Waals surface area contributed by atoms with Gasteiger partial charge in [0.15, 0.2) is 0 Å². The lowest BCUT2D eigenvalue weighted by Gasteiger charge is -2.04. The summed E-state index contributed by atoms with van der Waals surface area (Å²) in [6, 6.07) is 5.95. The molecule has 1 aromatic heterocycles. The van der Waals surface area contributed by atoms with Gasteiger partial charge in [-0.25, -0.2) is 4.39 Å². The number of carbonyl (C=O) groups excluding carboxylic acids is 1. The Morgan fingerprint density at radius 1 is 1.44 bits per heavy atom. The van der Waals surface area contributed by atoms with E-state index in [9.17, 15) is 14.0 Å². The van der Waals surface area contributed by atoms with Crippen LogP contribution in [-0.2, 0) is 4.79 Å². The van der Waals surface area contributed by atoms with E-state index in [0.29, 0.717) is 5.69 Å². The third-order valence-corrected chi connectivity index (χ3v) is 2.37. The molecule has 0 unspecified atom stereocenters. The van der Waals surface area contributed by atoms with Gasteiger partial charge in [-0.05, 0) is 18.2 Å². The molecule has 0 fully saturated rings. The van der Waals surface area contributed by atoms with Gasteiger partial charge >= 0.3 is 0 Å². The van der Waals surface area contributed by atoms with Crippen LogP contribution < -0.4 is 10.9 Å². The van der Waals surface area contributed by atoms with Gasteiger partial charge in [-0.1, -0.05) is 0 Å². The summed E-state index contributed by atoms with van der Waals surface area (Å²) in [5.41, 5.74) is -0.0957. The fourth-order valence-electron chi connectivity index (χ4n) is 1.58. The zero-order valence-corrected chi connectivity index (χ0v) is 9.16. The van der Waals surface area contributed by atoms with Crippen LogP contribution >= 0.6 is 0 Å². The summed E-state index contributed by atoms with van der Waals surface area (Å²) in [5, 5.41) is 11.1. The number of halogens is 1. The van der Waals surface area contributed by atoms with E-state index in [4.69, 9.17) is 5.26 Å². The highest BCUT2D eigenvalue weighted by atomic mass is 19.1. The Morgan fingerprint density at radius 2 is 2.22 bits per heavy atom. The maximum Gasteiger partial charge on any atom is 0.256 e. The number of nitrogens with zero attached hydrogens (tertiary/aromatic N) is 1. The van der Waals surface area contributed by atoms with Gasteiger partial charge in [-0.3, -0.25) is 9.59 Å². The van der Waals surface area contributed by atoms with Crippen molar-refractivity contribution in [2.75, 3.05) is 5.32 Å². The molecule has 0 spiro atoms. The summed E-state index contributed by atoms with van der Waals surface area (Å²) in [6.45, 7) is 0. The first-order chi connectivity index (χ1) is 8.61. The third-order valence-electron chi connectivity index (χ3n) is 2.37. The number of rotatable bonds is 2. The summed E-state index contributed by atoms with van der Waals surface area (Å²) in [4.78, 5) is 25.0. The molecule has 0 saturated heterocycles. The summed E-state index contributed by atoms with van der Waals surface area (Å²) >= 11 is 0. The van der Waals surface area contributed by atoms with Crippen LogP contribution in [0.4, 0.5) is 10.1 Å². The molecule has 0 atom stereocenters. The van der Waals surface area contributed by atoms with Crippen LogP contribution in [0, 0.1) is 17.1 Å². The smallest absolute Gasteiger partial charge is 0.256 e. The monoisotopic (exact) mass is 245 g/mol. The number of aromatic nitrogens is 1. The third kappa shape index (κ3) is 2.20. The lowest BCUT2D eigenvalue weighted by Crippen LogP contribution is -2.11. The van der Waals surface area contributed by atoms with Gasteiger partial charge in [0.2, 0.25) is 5.91 Å². The predicted molar refractivity (Wildman–Crippen MR) is 63.4 cm³/mol. The van der Waals surface area contributed by atoms with Gasteiger partial charge in [0.25, 0.3) is 5.56 Å². The van der Waals surface area contributed by atoms with Crippen molar-refractivity contribution in [1.82, 2.24) is 4.98 Å². The number of amides is 1. The van der Waals surface area contributed by atoms with Crippen LogP contribution in [-0.4, -0.2) is 10.9 Å². The number of H-pyrrole nitrogens is 1. The van der Waals surface area contributed by atoms with E-state index in [2.05, 4.69) is 10.3 Å². The molecule has 90 valence electrons. The molecule has 5 nitrogen and oxygen atoms in total. The molecule has 1 aromatic carbocycles. The number of benzene rings is 1. The normalized spacial score (nSPS) is 10.0. The number of pyridine rings is 1. The average Bonchev–Trinajstić information content (AvgIpc) is 2.34. The number of aromatic amines is 1. The fourth-order valence-corrected chi connectivity index (χ4v) is 1.58. The minimum Gasteiger partial charge on any atom is -0.326 e. The predicted octanol–water partition coefficient (Wildman–Crippen LogP) is 1.52. The first kappa shape index (κ1) is 11.8. The molecular weight excluding hydrogens is 237 g/mol. The van der Waals surface area contributed by atoms with Gasteiger partial charge in [-0.2, -0.15) is 5.26 Å². The number of hydrogen-bond donors (Lipinski definition) is 2. The molecule has 0 aliphatic rings. The Bertz CT molecular complexity index is 715. The van der Waals surface area contributed by atoms with E-state index >= 15 is 0 Å². The average molecular weight is 245 g/mol. The Labute approximate surface area is 101 Å². The van der Waals surface area contributed by atoms with Crippen molar-refractivity contribution in [3.8, 4) is 6.07 Å². The van der Waals surface area contributed by atoms with E-state index in [0.717, 1.165) is 6.20 Å². The SMILES string of the molecule is N#CCC(=O)Nc1ccc2c(F)c[nH]c(=O)c2c1. The maximum absolute atomic E-state index is 13.4. The van der Waals surface area contributed by atoms with Gasteiger partial charge in [0.05, 0.1) is 11.5 Å². The van der Waals surface area contributed by atoms with Crippen LogP contribution in [0.15, 0.2) is 29.2 Å². The quantitative estimate of drug-likeness (QED) is 0.841. The van der Waals surface area contributed by atoms with E-state index in [1.54, 1.807) is 6.07 Å². The molecule has 0 radical (unpaired) electrons.